The lowest BCUT2D eigenvalue weighted by Crippen LogP contribution is -2.37. The number of rotatable bonds is 5. The lowest BCUT2D eigenvalue weighted by atomic mass is 10.1. The second-order valence-electron chi connectivity index (χ2n) is 8.62. The van der Waals surface area contributed by atoms with E-state index in [9.17, 15) is 0 Å². The van der Waals surface area contributed by atoms with Crippen molar-refractivity contribution in [2.24, 2.45) is 0 Å². The Morgan fingerprint density at radius 3 is 2.16 bits per heavy atom. The molecule has 156 valence electrons. The van der Waals surface area contributed by atoms with Crippen LogP contribution in [0.2, 0.25) is 0 Å². The SMILES string of the molecule is CCCC[n+]1c(C)c2ccc(/C=c3\c4cccc5cccc(c54)n3CC)ccc-2c1C. The van der Waals surface area contributed by atoms with Crippen molar-refractivity contribution in [1.82, 2.24) is 4.57 Å². The van der Waals surface area contributed by atoms with Gasteiger partial charge in [0.15, 0.2) is 11.4 Å². The van der Waals surface area contributed by atoms with Gasteiger partial charge in [-0.25, -0.2) is 0 Å². The van der Waals surface area contributed by atoms with E-state index in [1.807, 2.05) is 0 Å². The molecule has 0 fully saturated rings. The van der Waals surface area contributed by atoms with Gasteiger partial charge in [-0.2, -0.15) is 4.57 Å². The highest BCUT2D eigenvalue weighted by atomic mass is 15.0. The zero-order valence-electron chi connectivity index (χ0n) is 19.1. The zero-order valence-corrected chi connectivity index (χ0v) is 19.1. The van der Waals surface area contributed by atoms with Gasteiger partial charge in [0.1, 0.15) is 6.54 Å². The van der Waals surface area contributed by atoms with Crippen molar-refractivity contribution in [3.05, 3.63) is 83.0 Å². The molecule has 0 spiro atoms. The van der Waals surface area contributed by atoms with E-state index >= 15 is 0 Å². The number of unbranched alkanes of at least 4 members (excludes halogenated alkanes) is 1. The van der Waals surface area contributed by atoms with Crippen LogP contribution in [0.25, 0.3) is 38.9 Å². The molecular formula is C29H31N2+. The molecule has 0 bridgehead atoms. The molecule has 0 N–H and O–H groups in total. The van der Waals surface area contributed by atoms with Crippen LogP contribution in [-0.2, 0) is 13.1 Å². The van der Waals surface area contributed by atoms with Gasteiger partial charge >= 0.3 is 0 Å². The number of aromatic nitrogens is 2. The topological polar surface area (TPSA) is 8.81 Å². The molecule has 0 radical (unpaired) electrons. The Hall–Kier alpha value is -3.13. The van der Waals surface area contributed by atoms with Crippen LogP contribution in [0.1, 0.15) is 43.6 Å². The Morgan fingerprint density at radius 1 is 0.839 bits per heavy atom. The summed E-state index contributed by atoms with van der Waals surface area (Å²) in [4.78, 5) is 0. The maximum Gasteiger partial charge on any atom is 0.186 e. The molecule has 0 saturated heterocycles. The fourth-order valence-electron chi connectivity index (χ4n) is 5.20. The van der Waals surface area contributed by atoms with Gasteiger partial charge in [0.25, 0.3) is 0 Å². The molecule has 1 aromatic heterocycles. The molecule has 2 heterocycles. The summed E-state index contributed by atoms with van der Waals surface area (Å²) in [6, 6.07) is 22.5. The predicted octanol–water partition coefficient (Wildman–Crippen LogP) is 6.17. The van der Waals surface area contributed by atoms with E-state index in [1.165, 1.54) is 67.9 Å². The van der Waals surface area contributed by atoms with Crippen molar-refractivity contribution in [3.8, 4) is 11.1 Å². The van der Waals surface area contributed by atoms with E-state index in [0.717, 1.165) is 13.1 Å². The molecule has 2 aliphatic rings. The minimum absolute atomic E-state index is 0.960. The standard InChI is InChI=1S/C29H31N2/c1-5-7-18-31-20(3)24-16-14-22(15-17-25(24)21(31)4)19-28-26-12-8-10-23-11-9-13-27(29(23)26)30(28)6-2/h8-17,19H,5-7,18H2,1-4H3/q+1. The second kappa shape index (κ2) is 7.85. The highest BCUT2D eigenvalue weighted by Gasteiger charge is 2.24. The predicted molar refractivity (Wildman–Crippen MR) is 132 cm³/mol. The third kappa shape index (κ3) is 3.13. The minimum Gasteiger partial charge on any atom is -0.341 e. The number of benzene rings is 2. The number of aryl methyl sites for hydroxylation is 1. The first-order valence-electron chi connectivity index (χ1n) is 11.6. The van der Waals surface area contributed by atoms with E-state index in [2.05, 4.69) is 104 Å². The summed E-state index contributed by atoms with van der Waals surface area (Å²) in [5.74, 6) is 0. The summed E-state index contributed by atoms with van der Waals surface area (Å²) < 4.78 is 4.93. The summed E-state index contributed by atoms with van der Waals surface area (Å²) in [5, 5.41) is 5.33. The van der Waals surface area contributed by atoms with Crippen LogP contribution < -0.4 is 9.92 Å². The monoisotopic (exact) mass is 407 g/mol. The van der Waals surface area contributed by atoms with E-state index in [1.54, 1.807) is 0 Å². The first-order valence-corrected chi connectivity index (χ1v) is 11.6. The van der Waals surface area contributed by atoms with Crippen LogP contribution in [-0.4, -0.2) is 4.57 Å². The lowest BCUT2D eigenvalue weighted by molar-refractivity contribution is -0.704. The molecule has 0 atom stereocenters. The quantitative estimate of drug-likeness (QED) is 0.308. The van der Waals surface area contributed by atoms with Gasteiger partial charge in [0, 0.05) is 48.5 Å². The maximum absolute atomic E-state index is 2.49. The number of nitrogens with zero attached hydrogens (tertiary/aromatic N) is 2. The molecule has 2 nitrogen and oxygen atoms in total. The summed E-state index contributed by atoms with van der Waals surface area (Å²) in [5.41, 5.74) is 8.05. The Labute approximate surface area is 184 Å². The van der Waals surface area contributed by atoms with Gasteiger partial charge in [-0.15, -0.1) is 0 Å². The third-order valence-electron chi connectivity index (χ3n) is 6.86. The lowest BCUT2D eigenvalue weighted by Gasteiger charge is -2.02. The fourth-order valence-corrected chi connectivity index (χ4v) is 5.20. The Morgan fingerprint density at radius 2 is 1.52 bits per heavy atom. The zero-order chi connectivity index (χ0) is 21.5. The normalized spacial score (nSPS) is 12.6. The Balaban J connectivity index is 1.72. The second-order valence-corrected chi connectivity index (χ2v) is 8.62. The number of fused-ring (bicyclic) bond motifs is 1. The van der Waals surface area contributed by atoms with Crippen LogP contribution >= 0.6 is 0 Å². The average Bonchev–Trinajstić information content (AvgIpc) is 3.08. The molecule has 31 heavy (non-hydrogen) atoms. The molecule has 5 rings (SSSR count). The van der Waals surface area contributed by atoms with Crippen LogP contribution in [0.3, 0.4) is 0 Å². The van der Waals surface area contributed by atoms with E-state index in [4.69, 9.17) is 0 Å². The van der Waals surface area contributed by atoms with Gasteiger partial charge in [-0.05, 0) is 42.1 Å². The fraction of sp³-hybridized carbons (Fsp3) is 0.276. The van der Waals surface area contributed by atoms with Crippen LogP contribution in [0.4, 0.5) is 0 Å². The highest BCUT2D eigenvalue weighted by Crippen LogP contribution is 2.28. The summed E-state index contributed by atoms with van der Waals surface area (Å²) >= 11 is 0. The van der Waals surface area contributed by atoms with Crippen molar-refractivity contribution in [2.45, 2.75) is 53.6 Å². The highest BCUT2D eigenvalue weighted by molar-refractivity contribution is 6.10. The number of hydrogen-bond acceptors (Lipinski definition) is 0. The van der Waals surface area contributed by atoms with E-state index in [-0.39, 0.29) is 0 Å². The Kier molecular flexibility index (Phi) is 5.02. The molecule has 0 amide bonds. The Bertz CT molecular complexity index is 1380. The van der Waals surface area contributed by atoms with Gasteiger partial charge < -0.3 is 4.57 Å². The molecule has 2 aromatic carbocycles. The molecule has 3 aromatic rings. The smallest absolute Gasteiger partial charge is 0.186 e. The van der Waals surface area contributed by atoms with E-state index in [0.29, 0.717) is 0 Å². The van der Waals surface area contributed by atoms with Crippen molar-refractivity contribution in [2.75, 3.05) is 0 Å². The summed E-state index contributed by atoms with van der Waals surface area (Å²) in [6.07, 6.45) is 4.81. The molecular weight excluding hydrogens is 376 g/mol. The average molecular weight is 408 g/mol. The van der Waals surface area contributed by atoms with Gasteiger partial charge in [0.2, 0.25) is 0 Å². The van der Waals surface area contributed by atoms with Crippen LogP contribution in [0.15, 0.2) is 60.7 Å². The largest absolute Gasteiger partial charge is 0.341 e. The van der Waals surface area contributed by atoms with Crippen molar-refractivity contribution < 1.29 is 4.57 Å². The maximum atomic E-state index is 2.49. The van der Waals surface area contributed by atoms with Gasteiger partial charge in [0.05, 0.1) is 11.1 Å². The molecule has 1 aliphatic heterocycles. The van der Waals surface area contributed by atoms with Crippen LogP contribution in [0, 0.1) is 13.8 Å². The van der Waals surface area contributed by atoms with E-state index < -0.39 is 0 Å². The molecule has 0 unspecified atom stereocenters. The van der Waals surface area contributed by atoms with Gasteiger partial charge in [-0.1, -0.05) is 55.8 Å². The van der Waals surface area contributed by atoms with Gasteiger partial charge in [-0.3, -0.25) is 0 Å². The van der Waals surface area contributed by atoms with Crippen LogP contribution in [0.5, 0.6) is 0 Å². The minimum atomic E-state index is 0.960. The van der Waals surface area contributed by atoms with Crippen molar-refractivity contribution in [3.63, 3.8) is 0 Å². The first kappa shape index (κ1) is 19.8. The summed E-state index contributed by atoms with van der Waals surface area (Å²) in [6.45, 7) is 11.1. The van der Waals surface area contributed by atoms with Crippen molar-refractivity contribution >= 4 is 27.8 Å². The molecule has 0 saturated carbocycles. The van der Waals surface area contributed by atoms with Crippen molar-refractivity contribution in [1.29, 1.82) is 0 Å². The third-order valence-corrected chi connectivity index (χ3v) is 6.86. The molecule has 2 heteroatoms. The first-order chi connectivity index (χ1) is 15.1. The number of hydrogen-bond donors (Lipinski definition) is 0. The molecule has 1 aliphatic carbocycles. The summed E-state index contributed by atoms with van der Waals surface area (Å²) in [7, 11) is 0.